The summed E-state index contributed by atoms with van der Waals surface area (Å²) in [5, 5.41) is 9.99. The molecule has 0 bridgehead atoms. The fourth-order valence-electron chi connectivity index (χ4n) is 2.26. The standard InChI is InChI=1S/C14H14ClNO6/c1-13(2,3)21-12(18)14(22-16(19)20)7-8-6-9(15)4-5-10(8)11(14)17/h4-6H,7H2,1-3H3/t14-/m1/s1. The van der Waals surface area contributed by atoms with Crippen LogP contribution < -0.4 is 0 Å². The number of benzene rings is 1. The van der Waals surface area contributed by atoms with Gasteiger partial charge in [-0.15, -0.1) is 10.1 Å². The zero-order chi connectivity index (χ0) is 16.7. The molecule has 0 fully saturated rings. The minimum absolute atomic E-state index is 0.164. The molecule has 0 amide bonds. The molecule has 0 saturated carbocycles. The van der Waals surface area contributed by atoms with E-state index in [4.69, 9.17) is 16.3 Å². The number of hydrogen-bond donors (Lipinski definition) is 0. The van der Waals surface area contributed by atoms with Crippen molar-refractivity contribution in [3.05, 3.63) is 44.5 Å². The SMILES string of the molecule is CC(C)(C)OC(=O)[C@@]1(O[N+](=O)[O-])Cc2cc(Cl)ccc2C1=O. The summed E-state index contributed by atoms with van der Waals surface area (Å²) in [6.07, 6.45) is -0.294. The molecular formula is C14H14ClNO6. The van der Waals surface area contributed by atoms with Crippen LogP contribution in [0, 0.1) is 10.1 Å². The largest absolute Gasteiger partial charge is 0.458 e. The van der Waals surface area contributed by atoms with Gasteiger partial charge in [-0.2, -0.15) is 0 Å². The molecular weight excluding hydrogens is 314 g/mol. The molecule has 118 valence electrons. The molecule has 0 N–H and O–H groups in total. The summed E-state index contributed by atoms with van der Waals surface area (Å²) >= 11 is 5.85. The Kier molecular flexibility index (Phi) is 3.87. The van der Waals surface area contributed by atoms with Gasteiger partial charge in [-0.3, -0.25) is 9.63 Å². The molecule has 0 spiro atoms. The molecule has 1 atom stereocenters. The highest BCUT2D eigenvalue weighted by Crippen LogP contribution is 2.36. The first-order chi connectivity index (χ1) is 10.0. The van der Waals surface area contributed by atoms with E-state index in [0.717, 1.165) is 0 Å². The summed E-state index contributed by atoms with van der Waals surface area (Å²) in [5.74, 6) is -1.89. The van der Waals surface area contributed by atoms with Crippen LogP contribution in [0.2, 0.25) is 5.02 Å². The summed E-state index contributed by atoms with van der Waals surface area (Å²) in [5.41, 5.74) is -2.66. The van der Waals surface area contributed by atoms with Gasteiger partial charge in [0.25, 0.3) is 10.7 Å². The molecule has 0 heterocycles. The van der Waals surface area contributed by atoms with Gasteiger partial charge in [-0.1, -0.05) is 11.6 Å². The van der Waals surface area contributed by atoms with Crippen LogP contribution in [-0.4, -0.2) is 28.0 Å². The predicted octanol–water partition coefficient (Wildman–Crippen LogP) is 2.37. The molecule has 2 rings (SSSR count). The number of esters is 1. The van der Waals surface area contributed by atoms with Crippen LogP contribution in [0.5, 0.6) is 0 Å². The zero-order valence-corrected chi connectivity index (χ0v) is 13.0. The Morgan fingerprint density at radius 1 is 1.41 bits per heavy atom. The first kappa shape index (κ1) is 16.2. The minimum atomic E-state index is -2.32. The summed E-state index contributed by atoms with van der Waals surface area (Å²) in [7, 11) is 0. The van der Waals surface area contributed by atoms with Gasteiger partial charge in [-0.25, -0.2) is 4.79 Å². The fraction of sp³-hybridized carbons (Fsp3) is 0.429. The molecule has 7 nitrogen and oxygen atoms in total. The van der Waals surface area contributed by atoms with Crippen molar-refractivity contribution in [2.24, 2.45) is 0 Å². The van der Waals surface area contributed by atoms with Crippen molar-refractivity contribution in [2.45, 2.75) is 38.4 Å². The number of nitrogens with zero attached hydrogens (tertiary/aromatic N) is 1. The Labute approximate surface area is 131 Å². The average molecular weight is 328 g/mol. The lowest BCUT2D eigenvalue weighted by atomic mass is 9.98. The van der Waals surface area contributed by atoms with E-state index >= 15 is 0 Å². The minimum Gasteiger partial charge on any atom is -0.458 e. The van der Waals surface area contributed by atoms with E-state index in [0.29, 0.717) is 10.6 Å². The van der Waals surface area contributed by atoms with E-state index < -0.39 is 28.0 Å². The van der Waals surface area contributed by atoms with Crippen LogP contribution in [0.4, 0.5) is 0 Å². The Balaban J connectivity index is 2.47. The number of rotatable bonds is 3. The highest BCUT2D eigenvalue weighted by atomic mass is 35.5. The van der Waals surface area contributed by atoms with Crippen LogP contribution >= 0.6 is 11.6 Å². The van der Waals surface area contributed by atoms with Crippen LogP contribution in [0.15, 0.2) is 18.2 Å². The van der Waals surface area contributed by atoms with Gasteiger partial charge in [0.15, 0.2) is 0 Å². The Hall–Kier alpha value is -2.15. The number of halogens is 1. The predicted molar refractivity (Wildman–Crippen MR) is 76.1 cm³/mol. The van der Waals surface area contributed by atoms with E-state index in [1.807, 2.05) is 0 Å². The third kappa shape index (κ3) is 2.89. The molecule has 22 heavy (non-hydrogen) atoms. The van der Waals surface area contributed by atoms with E-state index in [1.54, 1.807) is 20.8 Å². The molecule has 8 heteroatoms. The van der Waals surface area contributed by atoms with Gasteiger partial charge in [0.05, 0.1) is 0 Å². The molecule has 1 aromatic carbocycles. The second-order valence-corrected chi connectivity index (χ2v) is 6.39. The van der Waals surface area contributed by atoms with Crippen LogP contribution in [-0.2, 0) is 20.8 Å². The maximum absolute atomic E-state index is 12.5. The third-order valence-corrected chi connectivity index (χ3v) is 3.31. The van der Waals surface area contributed by atoms with E-state index in [1.165, 1.54) is 18.2 Å². The number of ether oxygens (including phenoxy) is 1. The normalized spacial score (nSPS) is 20.5. The van der Waals surface area contributed by atoms with Crippen molar-refractivity contribution in [3.8, 4) is 0 Å². The topological polar surface area (TPSA) is 95.7 Å². The molecule has 1 aliphatic carbocycles. The quantitative estimate of drug-likeness (QED) is 0.366. The molecule has 1 aliphatic rings. The second-order valence-electron chi connectivity index (χ2n) is 5.95. The van der Waals surface area contributed by atoms with E-state index in [9.17, 15) is 19.7 Å². The molecule has 0 aromatic heterocycles. The van der Waals surface area contributed by atoms with Crippen molar-refractivity contribution >= 4 is 23.4 Å². The molecule has 0 radical (unpaired) electrons. The highest BCUT2D eigenvalue weighted by molar-refractivity contribution is 6.31. The summed E-state index contributed by atoms with van der Waals surface area (Å²) in [6, 6.07) is 4.36. The van der Waals surface area contributed by atoms with Crippen LogP contribution in [0.25, 0.3) is 0 Å². The Morgan fingerprint density at radius 3 is 2.59 bits per heavy atom. The Bertz CT molecular complexity index is 666. The Morgan fingerprint density at radius 2 is 2.05 bits per heavy atom. The number of hydrogen-bond acceptors (Lipinski definition) is 6. The van der Waals surface area contributed by atoms with Crippen molar-refractivity contribution in [3.63, 3.8) is 0 Å². The average Bonchev–Trinajstić information content (AvgIpc) is 2.60. The van der Waals surface area contributed by atoms with Crippen molar-refractivity contribution < 1.29 is 24.3 Å². The van der Waals surface area contributed by atoms with Crippen molar-refractivity contribution in [1.29, 1.82) is 0 Å². The molecule has 0 aliphatic heterocycles. The third-order valence-electron chi connectivity index (χ3n) is 3.08. The van der Waals surface area contributed by atoms with Crippen molar-refractivity contribution in [2.75, 3.05) is 0 Å². The van der Waals surface area contributed by atoms with Crippen LogP contribution in [0.1, 0.15) is 36.7 Å². The second kappa shape index (κ2) is 5.24. The van der Waals surface area contributed by atoms with Gasteiger partial charge in [0, 0.05) is 17.0 Å². The number of carbonyl (C=O) groups is 2. The van der Waals surface area contributed by atoms with E-state index in [-0.39, 0.29) is 12.0 Å². The number of Topliss-reactive ketones (excluding diaryl/α,β-unsaturated/α-hetero) is 1. The maximum Gasteiger partial charge on any atom is 0.347 e. The first-order valence-electron chi connectivity index (χ1n) is 6.45. The van der Waals surface area contributed by atoms with Crippen molar-refractivity contribution in [1.82, 2.24) is 0 Å². The zero-order valence-electron chi connectivity index (χ0n) is 12.2. The monoisotopic (exact) mass is 327 g/mol. The summed E-state index contributed by atoms with van der Waals surface area (Å²) in [6.45, 7) is 4.77. The van der Waals surface area contributed by atoms with E-state index in [2.05, 4.69) is 4.84 Å². The number of ketones is 1. The lowest BCUT2D eigenvalue weighted by molar-refractivity contribution is -0.771. The molecule has 1 aromatic rings. The first-order valence-corrected chi connectivity index (χ1v) is 6.83. The lowest BCUT2D eigenvalue weighted by Crippen LogP contribution is -2.51. The van der Waals surface area contributed by atoms with Gasteiger partial charge in [0.2, 0.25) is 5.78 Å². The fourth-order valence-corrected chi connectivity index (χ4v) is 2.45. The maximum atomic E-state index is 12.5. The van der Waals surface area contributed by atoms with Crippen LogP contribution in [0.3, 0.4) is 0 Å². The van der Waals surface area contributed by atoms with Gasteiger partial charge in [-0.05, 0) is 44.5 Å². The molecule has 0 saturated heterocycles. The van der Waals surface area contributed by atoms with Gasteiger partial charge in [0.1, 0.15) is 5.60 Å². The summed E-state index contributed by atoms with van der Waals surface area (Å²) < 4.78 is 5.14. The molecule has 0 unspecified atom stereocenters. The number of fused-ring (bicyclic) bond motifs is 1. The van der Waals surface area contributed by atoms with Gasteiger partial charge < -0.3 is 4.74 Å². The van der Waals surface area contributed by atoms with Gasteiger partial charge >= 0.3 is 5.97 Å². The number of carbonyl (C=O) groups excluding carboxylic acids is 2. The lowest BCUT2D eigenvalue weighted by Gasteiger charge is -2.28. The smallest absolute Gasteiger partial charge is 0.347 e. The highest BCUT2D eigenvalue weighted by Gasteiger charge is 2.57. The summed E-state index contributed by atoms with van der Waals surface area (Å²) in [4.78, 5) is 40.2.